The molecule has 0 aliphatic carbocycles. The summed E-state index contributed by atoms with van der Waals surface area (Å²) in [5.41, 5.74) is 1.08. The zero-order chi connectivity index (χ0) is 14.3. The van der Waals surface area contributed by atoms with Crippen LogP contribution in [0, 0.1) is 5.82 Å². The van der Waals surface area contributed by atoms with Crippen molar-refractivity contribution in [2.75, 3.05) is 0 Å². The Morgan fingerprint density at radius 1 is 1.53 bits per heavy atom. The Labute approximate surface area is 112 Å². The second kappa shape index (κ2) is 7.69. The molecule has 3 nitrogen and oxygen atoms in total. The number of aliphatic carboxylic acids is 1. The molecule has 0 bridgehead atoms. The molecule has 0 aliphatic rings. The third kappa shape index (κ3) is 5.66. The molecule has 104 valence electrons. The van der Waals surface area contributed by atoms with Crippen molar-refractivity contribution in [1.82, 2.24) is 0 Å². The van der Waals surface area contributed by atoms with Gasteiger partial charge in [-0.3, -0.25) is 0 Å². The number of carbonyl (C=O) groups is 1. The predicted molar refractivity (Wildman–Crippen MR) is 72.2 cm³/mol. The smallest absolute Gasteiger partial charge is 0.328 e. The van der Waals surface area contributed by atoms with Crippen LogP contribution in [0.25, 0.3) is 6.08 Å². The first-order chi connectivity index (χ1) is 9.02. The van der Waals surface area contributed by atoms with Crippen LogP contribution in [0.5, 0.6) is 0 Å². The van der Waals surface area contributed by atoms with Crippen molar-refractivity contribution in [3.63, 3.8) is 0 Å². The fraction of sp³-hybridized carbons (Fsp3) is 0.400. The molecular formula is C15H19FO3. The van der Waals surface area contributed by atoms with Crippen LogP contribution in [0.2, 0.25) is 0 Å². The minimum absolute atomic E-state index is 0.160. The highest BCUT2D eigenvalue weighted by Crippen LogP contribution is 2.14. The predicted octanol–water partition coefficient (Wildman–Crippen LogP) is 3.63. The van der Waals surface area contributed by atoms with Crippen molar-refractivity contribution < 1.29 is 19.0 Å². The normalized spacial score (nSPS) is 12.8. The first kappa shape index (κ1) is 15.4. The van der Waals surface area contributed by atoms with Gasteiger partial charge in [-0.25, -0.2) is 9.18 Å². The van der Waals surface area contributed by atoms with Gasteiger partial charge < -0.3 is 9.84 Å². The van der Waals surface area contributed by atoms with E-state index in [1.54, 1.807) is 12.1 Å². The summed E-state index contributed by atoms with van der Waals surface area (Å²) in [5, 5.41) is 8.54. The summed E-state index contributed by atoms with van der Waals surface area (Å²) in [6, 6.07) is 4.57. The molecule has 0 heterocycles. The second-order valence-corrected chi connectivity index (χ2v) is 4.44. The summed E-state index contributed by atoms with van der Waals surface area (Å²) in [6.07, 6.45) is 4.36. The first-order valence-corrected chi connectivity index (χ1v) is 6.34. The van der Waals surface area contributed by atoms with Crippen LogP contribution in [0.3, 0.4) is 0 Å². The van der Waals surface area contributed by atoms with Crippen LogP contribution in [-0.4, -0.2) is 17.2 Å². The van der Waals surface area contributed by atoms with Gasteiger partial charge in [-0.2, -0.15) is 0 Å². The summed E-state index contributed by atoms with van der Waals surface area (Å²) in [4.78, 5) is 10.4. The van der Waals surface area contributed by atoms with Crippen LogP contribution in [0.4, 0.5) is 4.39 Å². The number of hydrogen-bond acceptors (Lipinski definition) is 2. The van der Waals surface area contributed by atoms with Gasteiger partial charge in [0.2, 0.25) is 0 Å². The molecule has 0 amide bonds. The third-order valence-electron chi connectivity index (χ3n) is 2.70. The van der Waals surface area contributed by atoms with E-state index in [2.05, 4.69) is 6.92 Å². The monoisotopic (exact) mass is 266 g/mol. The Kier molecular flexibility index (Phi) is 6.22. The Balaban J connectivity index is 2.70. The van der Waals surface area contributed by atoms with Gasteiger partial charge in [0.05, 0.1) is 12.7 Å². The molecule has 19 heavy (non-hydrogen) atoms. The Morgan fingerprint density at radius 2 is 2.26 bits per heavy atom. The molecule has 1 N–H and O–H groups in total. The molecule has 0 aliphatic heterocycles. The molecule has 0 saturated heterocycles. The van der Waals surface area contributed by atoms with Crippen LogP contribution in [0.15, 0.2) is 24.3 Å². The van der Waals surface area contributed by atoms with E-state index in [9.17, 15) is 9.18 Å². The van der Waals surface area contributed by atoms with E-state index in [-0.39, 0.29) is 11.7 Å². The fourth-order valence-corrected chi connectivity index (χ4v) is 1.70. The zero-order valence-corrected chi connectivity index (χ0v) is 11.2. The molecule has 1 unspecified atom stereocenters. The van der Waals surface area contributed by atoms with E-state index in [0.29, 0.717) is 6.61 Å². The molecule has 4 heteroatoms. The van der Waals surface area contributed by atoms with E-state index in [4.69, 9.17) is 9.84 Å². The lowest BCUT2D eigenvalue weighted by Crippen LogP contribution is -2.07. The maximum absolute atomic E-state index is 13.5. The number of halogens is 1. The molecule has 1 aromatic rings. The van der Waals surface area contributed by atoms with E-state index >= 15 is 0 Å². The standard InChI is InChI=1S/C15H19FO3/c1-3-4-11(2)19-10-12-5-7-14(16)13(9-12)6-8-15(17)18/h5-9,11H,3-4,10H2,1-2H3,(H,17,18)/b8-6+. The van der Waals surface area contributed by atoms with Gasteiger partial charge in [-0.05, 0) is 37.1 Å². The molecule has 1 aromatic carbocycles. The van der Waals surface area contributed by atoms with Crippen molar-refractivity contribution in [2.45, 2.75) is 39.4 Å². The topological polar surface area (TPSA) is 46.5 Å². The molecule has 1 atom stereocenters. The van der Waals surface area contributed by atoms with E-state index < -0.39 is 11.8 Å². The summed E-state index contributed by atoms with van der Waals surface area (Å²) < 4.78 is 19.1. The summed E-state index contributed by atoms with van der Waals surface area (Å²) >= 11 is 0. The molecule has 0 spiro atoms. The van der Waals surface area contributed by atoms with Gasteiger partial charge in [0.25, 0.3) is 0 Å². The maximum Gasteiger partial charge on any atom is 0.328 e. The molecular weight excluding hydrogens is 247 g/mol. The van der Waals surface area contributed by atoms with Crippen molar-refractivity contribution in [3.8, 4) is 0 Å². The maximum atomic E-state index is 13.5. The van der Waals surface area contributed by atoms with Gasteiger partial charge >= 0.3 is 5.97 Å². The number of carboxylic acids is 1. The van der Waals surface area contributed by atoms with Crippen LogP contribution in [0.1, 0.15) is 37.8 Å². The summed E-state index contributed by atoms with van der Waals surface area (Å²) in [6.45, 7) is 4.49. The number of ether oxygens (including phenoxy) is 1. The average molecular weight is 266 g/mol. The molecule has 0 radical (unpaired) electrons. The van der Waals surface area contributed by atoms with Gasteiger partial charge in [0, 0.05) is 11.6 Å². The minimum Gasteiger partial charge on any atom is -0.478 e. The van der Waals surface area contributed by atoms with Crippen molar-refractivity contribution in [3.05, 3.63) is 41.2 Å². The summed E-state index contributed by atoms with van der Waals surface area (Å²) in [7, 11) is 0. The largest absolute Gasteiger partial charge is 0.478 e. The highest BCUT2D eigenvalue weighted by Gasteiger charge is 2.04. The average Bonchev–Trinajstić information content (AvgIpc) is 2.36. The van der Waals surface area contributed by atoms with Crippen LogP contribution in [-0.2, 0) is 16.1 Å². The van der Waals surface area contributed by atoms with Crippen molar-refractivity contribution in [1.29, 1.82) is 0 Å². The number of hydrogen-bond donors (Lipinski definition) is 1. The van der Waals surface area contributed by atoms with E-state index in [0.717, 1.165) is 24.5 Å². The molecule has 1 rings (SSSR count). The molecule has 0 aromatic heterocycles. The molecule has 0 saturated carbocycles. The highest BCUT2D eigenvalue weighted by atomic mass is 19.1. The van der Waals surface area contributed by atoms with Gasteiger partial charge in [0.15, 0.2) is 0 Å². The Hall–Kier alpha value is -1.68. The lowest BCUT2D eigenvalue weighted by molar-refractivity contribution is -0.131. The van der Waals surface area contributed by atoms with Crippen LogP contribution < -0.4 is 0 Å². The van der Waals surface area contributed by atoms with Gasteiger partial charge in [-0.15, -0.1) is 0 Å². The zero-order valence-electron chi connectivity index (χ0n) is 11.2. The Bertz CT molecular complexity index is 455. The quantitative estimate of drug-likeness (QED) is 0.766. The number of carboxylic acid groups (broad SMARTS) is 1. The lowest BCUT2D eigenvalue weighted by atomic mass is 10.1. The fourth-order valence-electron chi connectivity index (χ4n) is 1.70. The van der Waals surface area contributed by atoms with Crippen LogP contribution >= 0.6 is 0 Å². The summed E-state index contributed by atoms with van der Waals surface area (Å²) in [5.74, 6) is -1.54. The lowest BCUT2D eigenvalue weighted by Gasteiger charge is -2.12. The van der Waals surface area contributed by atoms with Gasteiger partial charge in [0.1, 0.15) is 5.82 Å². The third-order valence-corrected chi connectivity index (χ3v) is 2.70. The second-order valence-electron chi connectivity index (χ2n) is 4.44. The van der Waals surface area contributed by atoms with Crippen molar-refractivity contribution >= 4 is 12.0 Å². The van der Waals surface area contributed by atoms with E-state index in [1.165, 1.54) is 12.1 Å². The molecule has 0 fully saturated rings. The highest BCUT2D eigenvalue weighted by molar-refractivity contribution is 5.85. The van der Waals surface area contributed by atoms with Gasteiger partial charge in [-0.1, -0.05) is 19.4 Å². The number of benzene rings is 1. The van der Waals surface area contributed by atoms with E-state index in [1.807, 2.05) is 6.92 Å². The minimum atomic E-state index is -1.10. The number of rotatable bonds is 7. The Morgan fingerprint density at radius 3 is 2.89 bits per heavy atom. The first-order valence-electron chi connectivity index (χ1n) is 6.34. The SMILES string of the molecule is CCCC(C)OCc1ccc(F)c(/C=C/C(=O)O)c1. The van der Waals surface area contributed by atoms with Crippen molar-refractivity contribution in [2.24, 2.45) is 0 Å².